The number of aliphatic imine (C=N–C) groups is 1. The van der Waals surface area contributed by atoms with Gasteiger partial charge >= 0.3 is 0 Å². The number of nitrogens with zero attached hydrogens (tertiary/aromatic N) is 3. The van der Waals surface area contributed by atoms with Crippen molar-refractivity contribution in [1.82, 2.24) is 20.2 Å². The van der Waals surface area contributed by atoms with Crippen LogP contribution in [0.4, 0.5) is 0 Å². The van der Waals surface area contributed by atoms with E-state index >= 15 is 0 Å². The van der Waals surface area contributed by atoms with Crippen LogP contribution in [0.2, 0.25) is 0 Å². The molecule has 0 saturated heterocycles. The van der Waals surface area contributed by atoms with E-state index in [-0.39, 0.29) is 0 Å². The number of rotatable bonds is 9. The third-order valence-electron chi connectivity index (χ3n) is 3.66. The summed E-state index contributed by atoms with van der Waals surface area (Å²) in [7, 11) is 3.43. The van der Waals surface area contributed by atoms with Crippen molar-refractivity contribution in [3.8, 4) is 5.75 Å². The molecule has 0 fully saturated rings. The average molecular weight is 345 g/mol. The lowest BCUT2D eigenvalue weighted by atomic mass is 10.1. The Bertz CT molecular complexity index is 655. The number of nitrogens with one attached hydrogen (secondary N) is 2. The second-order valence-corrected chi connectivity index (χ2v) is 5.61. The van der Waals surface area contributed by atoms with Crippen LogP contribution >= 0.6 is 0 Å². The van der Waals surface area contributed by atoms with E-state index in [9.17, 15) is 0 Å². The van der Waals surface area contributed by atoms with Crippen LogP contribution < -0.4 is 15.4 Å². The Morgan fingerprint density at radius 2 is 2.16 bits per heavy atom. The van der Waals surface area contributed by atoms with Gasteiger partial charge in [0.15, 0.2) is 5.96 Å². The van der Waals surface area contributed by atoms with Crippen LogP contribution in [0.5, 0.6) is 5.75 Å². The summed E-state index contributed by atoms with van der Waals surface area (Å²) in [5, 5.41) is 6.61. The van der Waals surface area contributed by atoms with Gasteiger partial charge in [-0.1, -0.05) is 12.1 Å². The highest BCUT2D eigenvalue weighted by atomic mass is 16.5. The van der Waals surface area contributed by atoms with Gasteiger partial charge in [0, 0.05) is 51.7 Å². The molecule has 2 rings (SSSR count). The molecule has 2 N–H and O–H groups in total. The van der Waals surface area contributed by atoms with Gasteiger partial charge in [-0.2, -0.15) is 0 Å². The topological polar surface area (TPSA) is 72.7 Å². The summed E-state index contributed by atoms with van der Waals surface area (Å²) in [6.45, 7) is 5.38. The maximum Gasteiger partial charge on any atom is 0.191 e. The summed E-state index contributed by atoms with van der Waals surface area (Å²) in [4.78, 5) is 8.28. The first kappa shape index (κ1) is 18.8. The van der Waals surface area contributed by atoms with Gasteiger partial charge in [0.05, 0.1) is 12.9 Å². The Kier molecular flexibility index (Phi) is 7.78. The van der Waals surface area contributed by atoms with Gasteiger partial charge in [0.2, 0.25) is 0 Å². The summed E-state index contributed by atoms with van der Waals surface area (Å²) in [5.41, 5.74) is 2.25. The van der Waals surface area contributed by atoms with Crippen molar-refractivity contribution in [2.24, 2.45) is 4.99 Å². The first-order chi connectivity index (χ1) is 12.2. The van der Waals surface area contributed by atoms with E-state index in [2.05, 4.69) is 39.7 Å². The quantitative estimate of drug-likeness (QED) is 0.410. The first-order valence-corrected chi connectivity index (χ1v) is 8.34. The van der Waals surface area contributed by atoms with E-state index in [4.69, 9.17) is 9.47 Å². The molecular weight excluding hydrogens is 318 g/mol. The van der Waals surface area contributed by atoms with Crippen LogP contribution in [0.15, 0.2) is 41.9 Å². The van der Waals surface area contributed by atoms with E-state index < -0.39 is 0 Å². The number of aryl methyl sites for hydroxylation is 1. The van der Waals surface area contributed by atoms with E-state index in [1.807, 2.05) is 16.8 Å². The van der Waals surface area contributed by atoms with Crippen molar-refractivity contribution in [3.05, 3.63) is 48.0 Å². The zero-order chi connectivity index (χ0) is 17.9. The molecule has 25 heavy (non-hydrogen) atoms. The molecule has 7 heteroatoms. The number of hydrogen-bond donors (Lipinski definition) is 2. The minimum atomic E-state index is 0.533. The smallest absolute Gasteiger partial charge is 0.191 e. The largest absolute Gasteiger partial charge is 0.491 e. The second-order valence-electron chi connectivity index (χ2n) is 5.61. The number of methoxy groups -OCH3 is 1. The van der Waals surface area contributed by atoms with Crippen molar-refractivity contribution in [2.45, 2.75) is 20.0 Å². The standard InChI is InChI=1S/C18H27N5O2/c1-15-4-5-16(17(12-15)25-11-10-24-3)13-22-18(19-2)21-7-9-23-8-6-20-14-23/h4-6,8,12,14H,7,9-11,13H2,1-3H3,(H2,19,21,22). The van der Waals surface area contributed by atoms with Gasteiger partial charge in [-0.3, -0.25) is 4.99 Å². The zero-order valence-electron chi connectivity index (χ0n) is 15.2. The number of guanidine groups is 1. The predicted octanol–water partition coefficient (Wildman–Crippen LogP) is 1.58. The predicted molar refractivity (Wildman–Crippen MR) is 99.0 cm³/mol. The third-order valence-corrected chi connectivity index (χ3v) is 3.66. The third kappa shape index (κ3) is 6.46. The van der Waals surface area contributed by atoms with Gasteiger partial charge in [-0.25, -0.2) is 4.98 Å². The molecule has 0 aliphatic rings. The van der Waals surface area contributed by atoms with Crippen LogP contribution in [0, 0.1) is 6.92 Å². The Labute approximate surface area is 149 Å². The molecule has 0 aliphatic heterocycles. The first-order valence-electron chi connectivity index (χ1n) is 8.34. The molecule has 0 radical (unpaired) electrons. The fourth-order valence-corrected chi connectivity index (χ4v) is 2.30. The van der Waals surface area contributed by atoms with Gasteiger partial charge in [0.1, 0.15) is 12.4 Å². The minimum Gasteiger partial charge on any atom is -0.491 e. The van der Waals surface area contributed by atoms with Gasteiger partial charge in [-0.15, -0.1) is 0 Å². The number of ether oxygens (including phenoxy) is 2. The number of hydrogen-bond acceptors (Lipinski definition) is 4. The van der Waals surface area contributed by atoms with Crippen molar-refractivity contribution in [3.63, 3.8) is 0 Å². The molecule has 0 saturated carbocycles. The van der Waals surface area contributed by atoms with Gasteiger partial charge in [-0.05, 0) is 18.6 Å². The lowest BCUT2D eigenvalue weighted by Gasteiger charge is -2.15. The molecule has 0 bridgehead atoms. The van der Waals surface area contributed by atoms with E-state index in [0.29, 0.717) is 19.8 Å². The summed E-state index contributed by atoms with van der Waals surface area (Å²) < 4.78 is 12.9. The molecule has 7 nitrogen and oxygen atoms in total. The average Bonchev–Trinajstić information content (AvgIpc) is 3.13. The molecule has 136 valence electrons. The summed E-state index contributed by atoms with van der Waals surface area (Å²) >= 11 is 0. The van der Waals surface area contributed by atoms with Crippen molar-refractivity contribution >= 4 is 5.96 Å². The summed E-state index contributed by atoms with van der Waals surface area (Å²) in [6, 6.07) is 6.20. The molecule has 1 aromatic heterocycles. The highest BCUT2D eigenvalue weighted by Crippen LogP contribution is 2.20. The van der Waals surface area contributed by atoms with Crippen LogP contribution in [-0.2, 0) is 17.8 Å². The maximum absolute atomic E-state index is 5.82. The normalized spacial score (nSPS) is 11.4. The van der Waals surface area contributed by atoms with Crippen LogP contribution in [0.25, 0.3) is 0 Å². The fraction of sp³-hybridized carbons (Fsp3) is 0.444. The molecule has 0 amide bonds. The Hall–Kier alpha value is -2.54. The molecular formula is C18H27N5O2. The van der Waals surface area contributed by atoms with E-state index in [1.165, 1.54) is 5.56 Å². The summed E-state index contributed by atoms with van der Waals surface area (Å²) in [6.07, 6.45) is 5.51. The van der Waals surface area contributed by atoms with Crippen molar-refractivity contribution in [2.75, 3.05) is 33.9 Å². The van der Waals surface area contributed by atoms with E-state index in [1.54, 1.807) is 26.7 Å². The Morgan fingerprint density at radius 3 is 2.88 bits per heavy atom. The van der Waals surface area contributed by atoms with Crippen molar-refractivity contribution < 1.29 is 9.47 Å². The number of imidazole rings is 1. The van der Waals surface area contributed by atoms with Gasteiger partial charge in [0.25, 0.3) is 0 Å². The zero-order valence-corrected chi connectivity index (χ0v) is 15.2. The summed E-state index contributed by atoms with van der Waals surface area (Å²) in [5.74, 6) is 1.63. The Balaban J connectivity index is 1.85. The Morgan fingerprint density at radius 1 is 1.28 bits per heavy atom. The van der Waals surface area contributed by atoms with E-state index in [0.717, 1.165) is 30.4 Å². The number of aromatic nitrogens is 2. The SMILES string of the molecule is CN=C(NCCn1ccnc1)NCc1ccc(C)cc1OCCOC. The molecule has 1 heterocycles. The fourth-order valence-electron chi connectivity index (χ4n) is 2.30. The highest BCUT2D eigenvalue weighted by Gasteiger charge is 2.06. The molecule has 2 aromatic rings. The monoisotopic (exact) mass is 345 g/mol. The molecule has 1 aromatic carbocycles. The molecule has 0 unspecified atom stereocenters. The van der Waals surface area contributed by atoms with Crippen LogP contribution in [0.1, 0.15) is 11.1 Å². The van der Waals surface area contributed by atoms with Gasteiger partial charge < -0.3 is 24.7 Å². The maximum atomic E-state index is 5.82. The van der Waals surface area contributed by atoms with Crippen LogP contribution in [0.3, 0.4) is 0 Å². The minimum absolute atomic E-state index is 0.533. The second kappa shape index (κ2) is 10.4. The lowest BCUT2D eigenvalue weighted by Crippen LogP contribution is -2.38. The number of benzene rings is 1. The highest BCUT2D eigenvalue weighted by molar-refractivity contribution is 5.79. The molecule has 0 atom stereocenters. The van der Waals surface area contributed by atoms with Crippen molar-refractivity contribution in [1.29, 1.82) is 0 Å². The van der Waals surface area contributed by atoms with Crippen LogP contribution in [-0.4, -0.2) is 49.4 Å². The molecule has 0 spiro atoms. The lowest BCUT2D eigenvalue weighted by molar-refractivity contribution is 0.145. The molecule has 0 aliphatic carbocycles.